The largest absolute Gasteiger partial charge is 0.433 e. The first-order chi connectivity index (χ1) is 21.8. The lowest BCUT2D eigenvalue weighted by atomic mass is 9.96. The number of alkyl halides is 6. The number of ketones is 1. The SMILES string of the molecule is CC(=O)Cn1c(C(=O)NCc2ccc(C(F)(F)F)nc2)cc(NC(=O)c2cc(F)cc(C(F)(F)F)c2)c1[C@@H](C)c1cc(F)ccc1Cl. The minimum atomic E-state index is -4.98. The van der Waals surface area contributed by atoms with Crippen molar-refractivity contribution in [2.24, 2.45) is 0 Å². The van der Waals surface area contributed by atoms with E-state index in [0.29, 0.717) is 18.2 Å². The number of aromatic nitrogens is 2. The summed E-state index contributed by atoms with van der Waals surface area (Å²) in [5, 5.41) is 4.90. The first-order valence-corrected chi connectivity index (χ1v) is 13.9. The molecule has 4 rings (SSSR count). The second-order valence-corrected chi connectivity index (χ2v) is 10.8. The van der Waals surface area contributed by atoms with E-state index in [9.17, 15) is 49.5 Å². The number of hydrogen-bond donors (Lipinski definition) is 2. The molecule has 2 heterocycles. The third-order valence-electron chi connectivity index (χ3n) is 6.89. The van der Waals surface area contributed by atoms with Crippen molar-refractivity contribution in [3.05, 3.63) is 117 Å². The maximum Gasteiger partial charge on any atom is 0.433 e. The van der Waals surface area contributed by atoms with Gasteiger partial charge in [0.15, 0.2) is 0 Å². The van der Waals surface area contributed by atoms with Gasteiger partial charge in [-0.2, -0.15) is 26.3 Å². The van der Waals surface area contributed by atoms with Crippen molar-refractivity contribution in [2.75, 3.05) is 5.32 Å². The lowest BCUT2D eigenvalue weighted by Crippen LogP contribution is -2.27. The highest BCUT2D eigenvalue weighted by atomic mass is 35.5. The molecular weight excluding hydrogens is 664 g/mol. The molecule has 16 heteroatoms. The smallest absolute Gasteiger partial charge is 0.347 e. The van der Waals surface area contributed by atoms with Crippen molar-refractivity contribution < 1.29 is 49.5 Å². The summed E-state index contributed by atoms with van der Waals surface area (Å²) in [5.41, 5.74) is -3.44. The quantitative estimate of drug-likeness (QED) is 0.176. The molecule has 2 amide bonds. The molecule has 47 heavy (non-hydrogen) atoms. The van der Waals surface area contributed by atoms with Crippen LogP contribution >= 0.6 is 11.6 Å². The highest BCUT2D eigenvalue weighted by Gasteiger charge is 2.34. The van der Waals surface area contributed by atoms with E-state index < -0.39 is 70.9 Å². The van der Waals surface area contributed by atoms with Crippen LogP contribution in [0, 0.1) is 11.6 Å². The number of carbonyl (C=O) groups excluding carboxylic acids is 3. The Hall–Kier alpha value is -4.79. The molecule has 0 radical (unpaired) electrons. The maximum absolute atomic E-state index is 14.3. The molecule has 0 fully saturated rings. The standard InChI is InChI=1S/C31H23ClF8N4O3/c1-15(45)14-44-25(29(47)42-13-17-3-6-26(41-12-17)31(38,39)40)11-24(27(44)16(2)22-10-20(33)4-5-23(22)32)43-28(46)18-7-19(30(35,36)37)9-21(34)8-18/h3-12,16H,13-14H2,1-2H3,(H,42,47)(H,43,46)/t16-/m0/s1. The molecule has 7 nitrogen and oxygen atoms in total. The van der Waals surface area contributed by atoms with Crippen molar-refractivity contribution in [3.8, 4) is 0 Å². The summed E-state index contributed by atoms with van der Waals surface area (Å²) in [4.78, 5) is 42.3. The minimum absolute atomic E-state index is 0.00912. The van der Waals surface area contributed by atoms with Crippen LogP contribution in [-0.4, -0.2) is 27.1 Å². The summed E-state index contributed by atoms with van der Waals surface area (Å²) in [7, 11) is 0. The molecule has 248 valence electrons. The summed E-state index contributed by atoms with van der Waals surface area (Å²) < 4.78 is 108. The first-order valence-electron chi connectivity index (χ1n) is 13.5. The van der Waals surface area contributed by atoms with Gasteiger partial charge in [-0.15, -0.1) is 0 Å². The number of hydrogen-bond acceptors (Lipinski definition) is 4. The number of Topliss-reactive ketones (excluding diaryl/α,β-unsaturated/α-hetero) is 1. The Labute approximate surface area is 266 Å². The van der Waals surface area contributed by atoms with Crippen LogP contribution in [-0.2, 0) is 30.2 Å². The van der Waals surface area contributed by atoms with Gasteiger partial charge < -0.3 is 15.2 Å². The molecule has 1 atom stereocenters. The number of nitrogens with zero attached hydrogens (tertiary/aromatic N) is 2. The summed E-state index contributed by atoms with van der Waals surface area (Å²) in [6.07, 6.45) is -8.77. The third-order valence-corrected chi connectivity index (χ3v) is 7.23. The van der Waals surface area contributed by atoms with Crippen LogP contribution in [0.5, 0.6) is 0 Å². The number of anilines is 1. The Balaban J connectivity index is 1.79. The lowest BCUT2D eigenvalue weighted by Gasteiger charge is -2.20. The van der Waals surface area contributed by atoms with E-state index in [4.69, 9.17) is 11.6 Å². The summed E-state index contributed by atoms with van der Waals surface area (Å²) in [5.74, 6) is -5.59. The zero-order valence-corrected chi connectivity index (χ0v) is 25.0. The van der Waals surface area contributed by atoms with Crippen LogP contribution in [0.3, 0.4) is 0 Å². The lowest BCUT2D eigenvalue weighted by molar-refractivity contribution is -0.141. The van der Waals surface area contributed by atoms with E-state index in [1.54, 1.807) is 0 Å². The second kappa shape index (κ2) is 13.5. The van der Waals surface area contributed by atoms with Crippen molar-refractivity contribution in [1.82, 2.24) is 14.9 Å². The van der Waals surface area contributed by atoms with Gasteiger partial charge in [0.2, 0.25) is 0 Å². The second-order valence-electron chi connectivity index (χ2n) is 10.4. The molecule has 0 bridgehead atoms. The van der Waals surface area contributed by atoms with Gasteiger partial charge in [-0.1, -0.05) is 24.6 Å². The van der Waals surface area contributed by atoms with Crippen molar-refractivity contribution in [2.45, 2.75) is 45.2 Å². The third kappa shape index (κ3) is 8.33. The molecule has 0 saturated heterocycles. The van der Waals surface area contributed by atoms with Crippen molar-refractivity contribution in [1.29, 1.82) is 0 Å². The van der Waals surface area contributed by atoms with Gasteiger partial charge >= 0.3 is 12.4 Å². The van der Waals surface area contributed by atoms with Crippen LogP contribution in [0.1, 0.15) is 68.7 Å². The first kappa shape index (κ1) is 35.1. The van der Waals surface area contributed by atoms with Gasteiger partial charge in [-0.25, -0.2) is 8.78 Å². The fourth-order valence-corrected chi connectivity index (χ4v) is 5.04. The molecule has 0 aliphatic carbocycles. The molecule has 0 spiro atoms. The minimum Gasteiger partial charge on any atom is -0.347 e. The highest BCUT2D eigenvalue weighted by Crippen LogP contribution is 2.38. The van der Waals surface area contributed by atoms with E-state index in [1.807, 2.05) is 0 Å². The van der Waals surface area contributed by atoms with E-state index in [0.717, 1.165) is 30.5 Å². The molecule has 2 N–H and O–H groups in total. The Morgan fingerprint density at radius 1 is 0.894 bits per heavy atom. The number of nitrogens with one attached hydrogen (secondary N) is 2. The van der Waals surface area contributed by atoms with Gasteiger partial charge in [-0.05, 0) is 66.6 Å². The fraction of sp³-hybridized carbons (Fsp3) is 0.226. The summed E-state index contributed by atoms with van der Waals surface area (Å²) in [6, 6.07) is 7.49. The average Bonchev–Trinajstić information content (AvgIpc) is 3.32. The van der Waals surface area contributed by atoms with Gasteiger partial charge in [-0.3, -0.25) is 19.4 Å². The van der Waals surface area contributed by atoms with Crippen LogP contribution in [0.2, 0.25) is 5.02 Å². The van der Waals surface area contributed by atoms with Crippen LogP contribution in [0.25, 0.3) is 0 Å². The van der Waals surface area contributed by atoms with Crippen molar-refractivity contribution in [3.63, 3.8) is 0 Å². The molecule has 2 aromatic heterocycles. The molecule has 4 aromatic rings. The number of pyridine rings is 1. The molecule has 0 aliphatic rings. The van der Waals surface area contributed by atoms with Gasteiger partial charge in [0.05, 0.1) is 17.8 Å². The van der Waals surface area contributed by atoms with E-state index in [-0.39, 0.29) is 45.8 Å². The number of amides is 2. The molecule has 0 unspecified atom stereocenters. The fourth-order valence-electron chi connectivity index (χ4n) is 4.75. The molecular formula is C31H23ClF8N4O3. The summed E-state index contributed by atoms with van der Waals surface area (Å²) >= 11 is 6.32. The number of benzene rings is 2. The Bertz CT molecular complexity index is 1840. The molecule has 2 aromatic carbocycles. The predicted octanol–water partition coefficient (Wildman–Crippen LogP) is 7.78. The summed E-state index contributed by atoms with van der Waals surface area (Å²) in [6.45, 7) is 1.89. The zero-order valence-electron chi connectivity index (χ0n) is 24.3. The Morgan fingerprint density at radius 2 is 1.60 bits per heavy atom. The van der Waals surface area contributed by atoms with Gasteiger partial charge in [0, 0.05) is 34.9 Å². The molecule has 0 aliphatic heterocycles. The van der Waals surface area contributed by atoms with E-state index in [1.165, 1.54) is 24.5 Å². The number of halogens is 9. The monoisotopic (exact) mass is 686 g/mol. The Kier molecular flexibility index (Phi) is 10.1. The van der Waals surface area contributed by atoms with E-state index in [2.05, 4.69) is 15.6 Å². The molecule has 0 saturated carbocycles. The highest BCUT2D eigenvalue weighted by molar-refractivity contribution is 6.31. The van der Waals surface area contributed by atoms with Gasteiger partial charge in [0.25, 0.3) is 11.8 Å². The zero-order chi connectivity index (χ0) is 34.8. The number of carbonyl (C=O) groups is 3. The normalized spacial score (nSPS) is 12.5. The van der Waals surface area contributed by atoms with Gasteiger partial charge in [0.1, 0.15) is 28.8 Å². The van der Waals surface area contributed by atoms with Crippen LogP contribution < -0.4 is 10.6 Å². The van der Waals surface area contributed by atoms with Crippen LogP contribution in [0.15, 0.2) is 60.8 Å². The predicted molar refractivity (Wildman–Crippen MR) is 154 cm³/mol. The average molecular weight is 687 g/mol. The number of rotatable bonds is 9. The Morgan fingerprint density at radius 3 is 2.19 bits per heavy atom. The van der Waals surface area contributed by atoms with Crippen LogP contribution in [0.4, 0.5) is 40.8 Å². The van der Waals surface area contributed by atoms with E-state index >= 15 is 0 Å². The van der Waals surface area contributed by atoms with Crippen molar-refractivity contribution >= 4 is 34.9 Å². The maximum atomic E-state index is 14.3. The topological polar surface area (TPSA) is 93.1 Å².